The number of hydrogen-bond donors (Lipinski definition) is 2. The van der Waals surface area contributed by atoms with Gasteiger partial charge in [0, 0.05) is 51.1 Å². The molecule has 1 aliphatic carbocycles. The van der Waals surface area contributed by atoms with Crippen LogP contribution in [0.3, 0.4) is 0 Å². The highest BCUT2D eigenvalue weighted by Gasteiger charge is 2.14. The zero-order chi connectivity index (χ0) is 18.2. The molecule has 1 aliphatic heterocycles. The third kappa shape index (κ3) is 5.64. The summed E-state index contributed by atoms with van der Waals surface area (Å²) in [7, 11) is 0. The quantitative estimate of drug-likeness (QED) is 0.551. The van der Waals surface area contributed by atoms with Crippen molar-refractivity contribution in [2.24, 2.45) is 0 Å². The number of nitrogens with one attached hydrogen (secondary N) is 2. The second-order valence-corrected chi connectivity index (χ2v) is 7.41. The number of amides is 1. The molecule has 5 heteroatoms. The van der Waals surface area contributed by atoms with Crippen LogP contribution in [0, 0.1) is 0 Å². The van der Waals surface area contributed by atoms with E-state index in [1.807, 2.05) is 12.1 Å². The first kappa shape index (κ1) is 19.1. The molecule has 1 saturated heterocycles. The minimum Gasteiger partial charge on any atom is -0.356 e. The Bertz CT molecular complexity index is 624. The smallest absolute Gasteiger partial charge is 0.220 e. The Hall–Kier alpha value is -1.72. The van der Waals surface area contributed by atoms with Gasteiger partial charge in [-0.1, -0.05) is 12.1 Å². The number of Topliss-reactive ketones (excluding diaryl/α,β-unsaturated/α-hetero) is 1. The topological polar surface area (TPSA) is 61.4 Å². The first-order valence-electron chi connectivity index (χ1n) is 10.1. The number of fused-ring (bicyclic) bond motifs is 1. The highest BCUT2D eigenvalue weighted by molar-refractivity contribution is 5.98. The predicted molar refractivity (Wildman–Crippen MR) is 104 cm³/mol. The van der Waals surface area contributed by atoms with Crippen LogP contribution in [-0.4, -0.2) is 55.9 Å². The Morgan fingerprint density at radius 1 is 1.04 bits per heavy atom. The zero-order valence-electron chi connectivity index (χ0n) is 15.7. The number of hydrogen-bond acceptors (Lipinski definition) is 4. The Kier molecular flexibility index (Phi) is 7.21. The average Bonchev–Trinajstić information content (AvgIpc) is 2.70. The van der Waals surface area contributed by atoms with E-state index in [-0.39, 0.29) is 18.1 Å². The number of benzene rings is 1. The fourth-order valence-electron chi connectivity index (χ4n) is 3.83. The van der Waals surface area contributed by atoms with Gasteiger partial charge in [-0.25, -0.2) is 0 Å². The van der Waals surface area contributed by atoms with Gasteiger partial charge >= 0.3 is 0 Å². The predicted octanol–water partition coefficient (Wildman–Crippen LogP) is 1.94. The van der Waals surface area contributed by atoms with Crippen molar-refractivity contribution in [1.29, 1.82) is 0 Å². The first-order chi connectivity index (χ1) is 12.7. The third-order valence-electron chi connectivity index (χ3n) is 5.43. The van der Waals surface area contributed by atoms with Crippen molar-refractivity contribution < 1.29 is 9.59 Å². The zero-order valence-corrected chi connectivity index (χ0v) is 15.7. The standard InChI is InChI=1S/C21H31N3O2/c25-20(19-7-6-17-4-1-2-5-18(17)16-19)8-9-21(26)23-10-3-13-24-14-11-22-12-15-24/h6-7,16,22H,1-5,8-15H2,(H,23,26). The van der Waals surface area contributed by atoms with Crippen molar-refractivity contribution in [3.05, 3.63) is 34.9 Å². The maximum Gasteiger partial charge on any atom is 0.220 e. The summed E-state index contributed by atoms with van der Waals surface area (Å²) in [5, 5.41) is 6.28. The molecule has 142 valence electrons. The molecule has 0 saturated carbocycles. The number of carbonyl (C=O) groups excluding carboxylic acids is 2. The molecule has 1 heterocycles. The minimum atomic E-state index is -0.0170. The van der Waals surface area contributed by atoms with Crippen molar-refractivity contribution in [1.82, 2.24) is 15.5 Å². The van der Waals surface area contributed by atoms with Crippen LogP contribution in [-0.2, 0) is 17.6 Å². The number of rotatable bonds is 8. The normalized spacial score (nSPS) is 17.5. The minimum absolute atomic E-state index is 0.0170. The van der Waals surface area contributed by atoms with Gasteiger partial charge in [-0.2, -0.15) is 0 Å². The van der Waals surface area contributed by atoms with Gasteiger partial charge in [-0.3, -0.25) is 9.59 Å². The summed E-state index contributed by atoms with van der Waals surface area (Å²) < 4.78 is 0. The number of nitrogens with zero attached hydrogens (tertiary/aromatic N) is 1. The summed E-state index contributed by atoms with van der Waals surface area (Å²) in [6.07, 6.45) is 6.19. The Balaban J connectivity index is 1.34. The van der Waals surface area contributed by atoms with Crippen LogP contribution in [0.4, 0.5) is 0 Å². The molecule has 0 atom stereocenters. The lowest BCUT2D eigenvalue weighted by Crippen LogP contribution is -2.44. The summed E-state index contributed by atoms with van der Waals surface area (Å²) >= 11 is 0. The lowest BCUT2D eigenvalue weighted by Gasteiger charge is -2.27. The van der Waals surface area contributed by atoms with Gasteiger partial charge in [0.2, 0.25) is 5.91 Å². The van der Waals surface area contributed by atoms with Crippen LogP contribution < -0.4 is 10.6 Å². The summed E-state index contributed by atoms with van der Waals surface area (Å²) in [6.45, 7) is 5.99. The molecular formula is C21H31N3O2. The van der Waals surface area contributed by atoms with E-state index in [0.29, 0.717) is 13.0 Å². The van der Waals surface area contributed by atoms with E-state index >= 15 is 0 Å². The molecule has 0 radical (unpaired) electrons. The molecule has 2 N–H and O–H groups in total. The molecule has 0 aromatic heterocycles. The van der Waals surface area contributed by atoms with Gasteiger partial charge in [0.25, 0.3) is 0 Å². The van der Waals surface area contributed by atoms with E-state index in [4.69, 9.17) is 0 Å². The summed E-state index contributed by atoms with van der Waals surface area (Å²) in [5.74, 6) is 0.0611. The summed E-state index contributed by atoms with van der Waals surface area (Å²) in [4.78, 5) is 26.8. The molecule has 1 aromatic carbocycles. The molecule has 0 bridgehead atoms. The second-order valence-electron chi connectivity index (χ2n) is 7.41. The summed E-state index contributed by atoms with van der Waals surface area (Å²) in [5.41, 5.74) is 3.46. The maximum atomic E-state index is 12.4. The van der Waals surface area contributed by atoms with Crippen LogP contribution in [0.2, 0.25) is 0 Å². The van der Waals surface area contributed by atoms with Gasteiger partial charge in [-0.15, -0.1) is 0 Å². The van der Waals surface area contributed by atoms with E-state index in [9.17, 15) is 9.59 Å². The largest absolute Gasteiger partial charge is 0.356 e. The fraction of sp³-hybridized carbons (Fsp3) is 0.619. The van der Waals surface area contributed by atoms with Crippen molar-refractivity contribution in [3.8, 4) is 0 Å². The highest BCUT2D eigenvalue weighted by atomic mass is 16.2. The monoisotopic (exact) mass is 357 g/mol. The molecule has 2 aliphatic rings. The highest BCUT2D eigenvalue weighted by Crippen LogP contribution is 2.22. The molecule has 26 heavy (non-hydrogen) atoms. The second kappa shape index (κ2) is 9.83. The van der Waals surface area contributed by atoms with E-state index in [1.54, 1.807) is 0 Å². The number of piperazine rings is 1. The van der Waals surface area contributed by atoms with Gasteiger partial charge in [-0.05, 0) is 55.8 Å². The van der Waals surface area contributed by atoms with Gasteiger partial charge in [0.15, 0.2) is 5.78 Å². The lowest BCUT2D eigenvalue weighted by atomic mass is 9.89. The van der Waals surface area contributed by atoms with Crippen LogP contribution in [0.1, 0.15) is 53.6 Å². The molecule has 0 spiro atoms. The number of ketones is 1. The first-order valence-corrected chi connectivity index (χ1v) is 10.1. The SMILES string of the molecule is O=C(CCC(=O)c1ccc2c(c1)CCCC2)NCCCN1CCNCC1. The molecule has 1 aromatic rings. The van der Waals surface area contributed by atoms with Crippen LogP contribution in [0.5, 0.6) is 0 Å². The Morgan fingerprint density at radius 3 is 2.62 bits per heavy atom. The van der Waals surface area contributed by atoms with E-state index < -0.39 is 0 Å². The molecular weight excluding hydrogens is 326 g/mol. The molecule has 1 amide bonds. The number of aryl methyl sites for hydroxylation is 2. The Labute approximate surface area is 156 Å². The lowest BCUT2D eigenvalue weighted by molar-refractivity contribution is -0.121. The average molecular weight is 357 g/mol. The van der Waals surface area contributed by atoms with E-state index in [0.717, 1.165) is 57.5 Å². The van der Waals surface area contributed by atoms with Crippen LogP contribution in [0.15, 0.2) is 18.2 Å². The molecule has 1 fully saturated rings. The van der Waals surface area contributed by atoms with Gasteiger partial charge < -0.3 is 15.5 Å². The van der Waals surface area contributed by atoms with Crippen molar-refractivity contribution in [3.63, 3.8) is 0 Å². The van der Waals surface area contributed by atoms with Crippen molar-refractivity contribution in [2.75, 3.05) is 39.3 Å². The molecule has 5 nitrogen and oxygen atoms in total. The van der Waals surface area contributed by atoms with Gasteiger partial charge in [0.1, 0.15) is 0 Å². The molecule has 0 unspecified atom stereocenters. The third-order valence-corrected chi connectivity index (χ3v) is 5.43. The number of carbonyl (C=O) groups is 2. The van der Waals surface area contributed by atoms with Crippen LogP contribution >= 0.6 is 0 Å². The van der Waals surface area contributed by atoms with E-state index in [2.05, 4.69) is 21.6 Å². The fourth-order valence-corrected chi connectivity index (χ4v) is 3.83. The molecule has 3 rings (SSSR count). The van der Waals surface area contributed by atoms with Crippen LogP contribution in [0.25, 0.3) is 0 Å². The van der Waals surface area contributed by atoms with Crippen molar-refractivity contribution in [2.45, 2.75) is 44.9 Å². The van der Waals surface area contributed by atoms with E-state index in [1.165, 1.54) is 24.0 Å². The van der Waals surface area contributed by atoms with Crippen molar-refractivity contribution >= 4 is 11.7 Å². The van der Waals surface area contributed by atoms with Gasteiger partial charge in [0.05, 0.1) is 0 Å². The maximum absolute atomic E-state index is 12.4. The summed E-state index contributed by atoms with van der Waals surface area (Å²) in [6, 6.07) is 6.07. The Morgan fingerprint density at radius 2 is 1.81 bits per heavy atom.